The van der Waals surface area contributed by atoms with Crippen LogP contribution in [0.3, 0.4) is 0 Å². The van der Waals surface area contributed by atoms with E-state index in [-0.39, 0.29) is 0 Å². The van der Waals surface area contributed by atoms with Gasteiger partial charge in [0, 0.05) is 12.2 Å². The molecule has 0 radical (unpaired) electrons. The normalized spacial score (nSPS) is 12.1. The van der Waals surface area contributed by atoms with Crippen LogP contribution < -0.4 is 0 Å². The standard InChI is InChI=1S/C10H18O4Si/c1-8(2)7-15(3,4)14-10(13)6-5-9(11)12/h5-6,8H,7H2,1-4H3,(H,11,12)/b6-5+. The molecule has 86 valence electrons. The zero-order chi connectivity index (χ0) is 12.1. The van der Waals surface area contributed by atoms with E-state index >= 15 is 0 Å². The van der Waals surface area contributed by atoms with Crippen LogP contribution in [0.5, 0.6) is 0 Å². The molecule has 0 aromatic heterocycles. The Hall–Kier alpha value is -1.10. The quantitative estimate of drug-likeness (QED) is 0.580. The van der Waals surface area contributed by atoms with Crippen LogP contribution in [0.15, 0.2) is 12.2 Å². The average molecular weight is 230 g/mol. The van der Waals surface area contributed by atoms with Gasteiger partial charge in [-0.25, -0.2) is 9.59 Å². The van der Waals surface area contributed by atoms with E-state index in [0.29, 0.717) is 5.92 Å². The number of hydrogen-bond acceptors (Lipinski definition) is 3. The topological polar surface area (TPSA) is 63.6 Å². The van der Waals surface area contributed by atoms with E-state index in [0.717, 1.165) is 18.2 Å². The fourth-order valence-electron chi connectivity index (χ4n) is 1.47. The molecule has 0 aromatic carbocycles. The summed E-state index contributed by atoms with van der Waals surface area (Å²) in [5.41, 5.74) is 0. The van der Waals surface area contributed by atoms with Gasteiger partial charge >= 0.3 is 11.9 Å². The van der Waals surface area contributed by atoms with Crippen LogP contribution in [-0.2, 0) is 14.0 Å². The SMILES string of the molecule is CC(C)C[Si](C)(C)OC(=O)/C=C/C(=O)O. The third-order valence-electron chi connectivity index (χ3n) is 1.64. The molecule has 0 heterocycles. The molecule has 4 nitrogen and oxygen atoms in total. The zero-order valence-electron chi connectivity index (χ0n) is 9.61. The van der Waals surface area contributed by atoms with Gasteiger partial charge in [-0.1, -0.05) is 13.8 Å². The van der Waals surface area contributed by atoms with Gasteiger partial charge in [0.2, 0.25) is 8.32 Å². The smallest absolute Gasteiger partial charge is 0.328 e. The van der Waals surface area contributed by atoms with Gasteiger partial charge in [-0.2, -0.15) is 0 Å². The Morgan fingerprint density at radius 2 is 1.87 bits per heavy atom. The summed E-state index contributed by atoms with van der Waals surface area (Å²) in [7, 11) is -2.00. The number of rotatable bonds is 5. The van der Waals surface area contributed by atoms with E-state index in [4.69, 9.17) is 9.53 Å². The largest absolute Gasteiger partial charge is 0.517 e. The number of carboxylic acids is 1. The van der Waals surface area contributed by atoms with Crippen molar-refractivity contribution in [3.63, 3.8) is 0 Å². The molecule has 0 aromatic rings. The maximum atomic E-state index is 11.2. The van der Waals surface area contributed by atoms with Gasteiger partial charge in [0.1, 0.15) is 0 Å². The monoisotopic (exact) mass is 230 g/mol. The Morgan fingerprint density at radius 3 is 2.27 bits per heavy atom. The summed E-state index contributed by atoms with van der Waals surface area (Å²) in [6, 6.07) is 0.875. The van der Waals surface area contributed by atoms with Crippen LogP contribution >= 0.6 is 0 Å². The van der Waals surface area contributed by atoms with E-state index in [1.807, 2.05) is 13.1 Å². The van der Waals surface area contributed by atoms with Gasteiger partial charge in [0.05, 0.1) is 0 Å². The van der Waals surface area contributed by atoms with Crippen LogP contribution in [-0.4, -0.2) is 25.4 Å². The highest BCUT2D eigenvalue weighted by atomic mass is 28.4. The molecule has 0 unspecified atom stereocenters. The number of hydrogen-bond donors (Lipinski definition) is 1. The van der Waals surface area contributed by atoms with E-state index in [9.17, 15) is 9.59 Å². The first-order valence-electron chi connectivity index (χ1n) is 4.87. The lowest BCUT2D eigenvalue weighted by atomic mass is 10.3. The fourth-order valence-corrected chi connectivity index (χ4v) is 4.13. The first kappa shape index (κ1) is 13.9. The van der Waals surface area contributed by atoms with Gasteiger partial charge in [-0.15, -0.1) is 0 Å². The Kier molecular flexibility index (Phi) is 5.28. The fraction of sp³-hybridized carbons (Fsp3) is 0.600. The Balaban J connectivity index is 4.21. The van der Waals surface area contributed by atoms with Gasteiger partial charge < -0.3 is 9.53 Å². The maximum Gasteiger partial charge on any atom is 0.328 e. The van der Waals surface area contributed by atoms with Crippen molar-refractivity contribution in [2.75, 3.05) is 0 Å². The number of carbonyl (C=O) groups excluding carboxylic acids is 1. The molecule has 15 heavy (non-hydrogen) atoms. The molecule has 0 aliphatic rings. The molecule has 0 saturated carbocycles. The minimum atomic E-state index is -2.00. The minimum Gasteiger partial charge on any atom is -0.517 e. The summed E-state index contributed by atoms with van der Waals surface area (Å²) in [6.45, 7) is 8.02. The molecule has 0 spiro atoms. The van der Waals surface area contributed by atoms with Crippen molar-refractivity contribution >= 4 is 20.3 Å². The lowest BCUT2D eigenvalue weighted by molar-refractivity contribution is -0.133. The summed E-state index contributed by atoms with van der Waals surface area (Å²) in [5.74, 6) is -1.23. The Labute approximate surface area is 91.1 Å². The van der Waals surface area contributed by atoms with Gasteiger partial charge in [-0.05, 0) is 25.1 Å². The van der Waals surface area contributed by atoms with E-state index in [1.165, 1.54) is 0 Å². The zero-order valence-corrected chi connectivity index (χ0v) is 10.6. The molecule has 0 bridgehead atoms. The summed E-state index contributed by atoms with van der Waals surface area (Å²) >= 11 is 0. The molecule has 0 fully saturated rings. The molecule has 0 aliphatic heterocycles. The summed E-state index contributed by atoms with van der Waals surface area (Å²) in [5, 5.41) is 8.32. The lowest BCUT2D eigenvalue weighted by Gasteiger charge is -2.23. The summed E-state index contributed by atoms with van der Waals surface area (Å²) in [4.78, 5) is 21.4. The average Bonchev–Trinajstić information content (AvgIpc) is 1.96. The number of aliphatic carboxylic acids is 1. The highest BCUT2D eigenvalue weighted by Gasteiger charge is 2.27. The molecule has 0 amide bonds. The molecule has 0 saturated heterocycles. The first-order valence-corrected chi connectivity index (χ1v) is 7.98. The third kappa shape index (κ3) is 7.93. The predicted molar refractivity (Wildman–Crippen MR) is 60.0 cm³/mol. The second-order valence-electron chi connectivity index (χ2n) is 4.45. The van der Waals surface area contributed by atoms with Crippen LogP contribution in [0, 0.1) is 5.92 Å². The van der Waals surface area contributed by atoms with Crippen molar-refractivity contribution in [1.29, 1.82) is 0 Å². The number of carboxylic acid groups (broad SMARTS) is 1. The third-order valence-corrected chi connectivity index (χ3v) is 4.19. The first-order chi connectivity index (χ1) is 6.73. The van der Waals surface area contributed by atoms with E-state index in [2.05, 4.69) is 13.8 Å². The van der Waals surface area contributed by atoms with E-state index < -0.39 is 20.3 Å². The Morgan fingerprint density at radius 1 is 1.33 bits per heavy atom. The van der Waals surface area contributed by atoms with Crippen LogP contribution in [0.1, 0.15) is 13.8 Å². The minimum absolute atomic E-state index is 0.475. The predicted octanol–water partition coefficient (Wildman–Crippen LogP) is 2.03. The molecule has 0 atom stereocenters. The van der Waals surface area contributed by atoms with Crippen LogP contribution in [0.2, 0.25) is 19.1 Å². The van der Waals surface area contributed by atoms with Crippen LogP contribution in [0.4, 0.5) is 0 Å². The highest BCUT2D eigenvalue weighted by molar-refractivity contribution is 6.72. The second-order valence-corrected chi connectivity index (χ2v) is 8.58. The van der Waals surface area contributed by atoms with Crippen LogP contribution in [0.25, 0.3) is 0 Å². The van der Waals surface area contributed by atoms with Crippen molar-refractivity contribution in [3.05, 3.63) is 12.2 Å². The molecular formula is C10H18O4Si. The van der Waals surface area contributed by atoms with Gasteiger partial charge in [0.25, 0.3) is 0 Å². The number of carbonyl (C=O) groups is 2. The summed E-state index contributed by atoms with van der Waals surface area (Å²) < 4.78 is 5.25. The molecular weight excluding hydrogens is 212 g/mol. The van der Waals surface area contributed by atoms with Gasteiger partial charge in [0.15, 0.2) is 0 Å². The maximum absolute atomic E-state index is 11.2. The lowest BCUT2D eigenvalue weighted by Crippen LogP contribution is -2.34. The molecule has 5 heteroatoms. The van der Waals surface area contributed by atoms with Gasteiger partial charge in [-0.3, -0.25) is 0 Å². The van der Waals surface area contributed by atoms with E-state index in [1.54, 1.807) is 0 Å². The molecule has 0 aliphatic carbocycles. The molecule has 0 rings (SSSR count). The van der Waals surface area contributed by atoms with Crippen molar-refractivity contribution in [2.45, 2.75) is 33.0 Å². The van der Waals surface area contributed by atoms with Crippen molar-refractivity contribution in [1.82, 2.24) is 0 Å². The van der Waals surface area contributed by atoms with Crippen molar-refractivity contribution in [3.8, 4) is 0 Å². The molecule has 1 N–H and O–H groups in total. The van der Waals surface area contributed by atoms with Crippen molar-refractivity contribution < 1.29 is 19.1 Å². The Bertz CT molecular complexity index is 269. The summed E-state index contributed by atoms with van der Waals surface area (Å²) in [6.07, 6.45) is 1.75. The second kappa shape index (κ2) is 5.70. The highest BCUT2D eigenvalue weighted by Crippen LogP contribution is 2.17. The van der Waals surface area contributed by atoms with Crippen molar-refractivity contribution in [2.24, 2.45) is 5.92 Å².